The first-order valence-electron chi connectivity index (χ1n) is 7.16. The van der Waals surface area contributed by atoms with Crippen molar-refractivity contribution in [2.75, 3.05) is 0 Å². The first-order valence-corrected chi connectivity index (χ1v) is 7.16. The lowest BCUT2D eigenvalue weighted by atomic mass is 10.0. The van der Waals surface area contributed by atoms with E-state index in [0.29, 0.717) is 6.42 Å². The quantitative estimate of drug-likeness (QED) is 0.854. The van der Waals surface area contributed by atoms with Gasteiger partial charge in [0.25, 0.3) is 0 Å². The van der Waals surface area contributed by atoms with Gasteiger partial charge in [0.2, 0.25) is 5.91 Å². The number of hydrogen-bond acceptors (Lipinski definition) is 3. The summed E-state index contributed by atoms with van der Waals surface area (Å²) in [6, 6.07) is 13.3. The van der Waals surface area contributed by atoms with Gasteiger partial charge in [-0.15, -0.1) is 0 Å². The molecule has 1 aromatic heterocycles. The summed E-state index contributed by atoms with van der Waals surface area (Å²) in [6.45, 7) is 1.94. The van der Waals surface area contributed by atoms with Crippen molar-refractivity contribution in [3.63, 3.8) is 0 Å². The van der Waals surface area contributed by atoms with E-state index in [1.807, 2.05) is 49.4 Å². The number of benzene rings is 1. The third-order valence-electron chi connectivity index (χ3n) is 3.49. The van der Waals surface area contributed by atoms with Gasteiger partial charge in [0.05, 0.1) is 12.1 Å². The highest BCUT2D eigenvalue weighted by atomic mass is 16.2. The molecule has 1 heterocycles. The second-order valence-electron chi connectivity index (χ2n) is 5.14. The van der Waals surface area contributed by atoms with Crippen LogP contribution < -0.4 is 11.1 Å². The average molecular weight is 283 g/mol. The molecule has 0 fully saturated rings. The molecule has 0 unspecified atom stereocenters. The van der Waals surface area contributed by atoms with Crippen LogP contribution in [0.1, 0.15) is 30.5 Å². The molecule has 21 heavy (non-hydrogen) atoms. The van der Waals surface area contributed by atoms with Crippen LogP contribution in [0, 0.1) is 0 Å². The zero-order valence-corrected chi connectivity index (χ0v) is 12.2. The number of pyridine rings is 1. The Hall–Kier alpha value is -2.20. The largest absolute Gasteiger partial charge is 0.348 e. The minimum Gasteiger partial charge on any atom is -0.348 e. The molecule has 0 bridgehead atoms. The van der Waals surface area contributed by atoms with Gasteiger partial charge in [-0.2, -0.15) is 0 Å². The van der Waals surface area contributed by atoms with E-state index in [1.54, 1.807) is 12.4 Å². The summed E-state index contributed by atoms with van der Waals surface area (Å²) >= 11 is 0. The van der Waals surface area contributed by atoms with Gasteiger partial charge in [0.15, 0.2) is 0 Å². The Labute approximate surface area is 125 Å². The van der Waals surface area contributed by atoms with Gasteiger partial charge < -0.3 is 11.1 Å². The fourth-order valence-corrected chi connectivity index (χ4v) is 2.15. The molecular formula is C17H21N3O. The van der Waals surface area contributed by atoms with Crippen molar-refractivity contribution in [3.05, 3.63) is 66.0 Å². The van der Waals surface area contributed by atoms with E-state index < -0.39 is 6.04 Å². The third kappa shape index (κ3) is 4.68. The molecule has 4 heteroatoms. The van der Waals surface area contributed by atoms with E-state index in [-0.39, 0.29) is 11.9 Å². The lowest BCUT2D eigenvalue weighted by Crippen LogP contribution is -2.41. The third-order valence-corrected chi connectivity index (χ3v) is 3.49. The summed E-state index contributed by atoms with van der Waals surface area (Å²) in [5.74, 6) is -0.116. The number of nitrogens with zero attached hydrogens (tertiary/aromatic N) is 1. The molecular weight excluding hydrogens is 262 g/mol. The minimum atomic E-state index is -0.491. The maximum absolute atomic E-state index is 12.1. The molecule has 4 nitrogen and oxygen atoms in total. The van der Waals surface area contributed by atoms with E-state index >= 15 is 0 Å². The van der Waals surface area contributed by atoms with Gasteiger partial charge >= 0.3 is 0 Å². The first-order chi connectivity index (χ1) is 10.2. The molecule has 110 valence electrons. The number of rotatable bonds is 6. The topological polar surface area (TPSA) is 68.0 Å². The lowest BCUT2D eigenvalue weighted by Gasteiger charge is -2.17. The fraction of sp³-hybridized carbons (Fsp3) is 0.294. The highest BCUT2D eigenvalue weighted by molar-refractivity contribution is 5.81. The Morgan fingerprint density at radius 2 is 1.86 bits per heavy atom. The minimum absolute atomic E-state index is 0.0664. The molecule has 2 atom stereocenters. The molecule has 0 aliphatic rings. The molecule has 0 aliphatic carbocycles. The smallest absolute Gasteiger partial charge is 0.237 e. The maximum atomic E-state index is 12.1. The van der Waals surface area contributed by atoms with Crippen LogP contribution in [-0.4, -0.2) is 16.9 Å². The Bertz CT molecular complexity index is 557. The van der Waals surface area contributed by atoms with Gasteiger partial charge in [-0.05, 0) is 43.0 Å². The number of aryl methyl sites for hydroxylation is 1. The van der Waals surface area contributed by atoms with Crippen LogP contribution in [0.15, 0.2) is 54.9 Å². The van der Waals surface area contributed by atoms with Crippen molar-refractivity contribution in [2.24, 2.45) is 5.73 Å². The van der Waals surface area contributed by atoms with Crippen molar-refractivity contribution in [1.82, 2.24) is 10.3 Å². The molecule has 0 spiro atoms. The molecule has 0 saturated carbocycles. The Balaban J connectivity index is 1.82. The van der Waals surface area contributed by atoms with Crippen LogP contribution in [0.4, 0.5) is 0 Å². The predicted molar refractivity (Wildman–Crippen MR) is 83.5 cm³/mol. The van der Waals surface area contributed by atoms with Gasteiger partial charge in [-0.1, -0.05) is 30.3 Å². The summed E-state index contributed by atoms with van der Waals surface area (Å²) in [4.78, 5) is 16.1. The summed E-state index contributed by atoms with van der Waals surface area (Å²) in [7, 11) is 0. The van der Waals surface area contributed by atoms with Crippen LogP contribution in [0.25, 0.3) is 0 Å². The van der Waals surface area contributed by atoms with Gasteiger partial charge in [-0.3, -0.25) is 9.78 Å². The molecule has 0 radical (unpaired) electrons. The van der Waals surface area contributed by atoms with E-state index in [9.17, 15) is 4.79 Å². The van der Waals surface area contributed by atoms with E-state index in [4.69, 9.17) is 5.73 Å². The Morgan fingerprint density at radius 3 is 2.52 bits per heavy atom. The summed E-state index contributed by atoms with van der Waals surface area (Å²) in [6.07, 6.45) is 4.87. The molecule has 0 aliphatic heterocycles. The van der Waals surface area contributed by atoms with Crippen molar-refractivity contribution in [2.45, 2.75) is 31.8 Å². The number of carbonyl (C=O) groups excluding carboxylic acids is 1. The number of amides is 1. The van der Waals surface area contributed by atoms with Gasteiger partial charge in [0, 0.05) is 12.4 Å². The Kier molecular flexibility index (Phi) is 5.46. The Morgan fingerprint density at radius 1 is 1.19 bits per heavy atom. The summed E-state index contributed by atoms with van der Waals surface area (Å²) < 4.78 is 0. The maximum Gasteiger partial charge on any atom is 0.237 e. The second-order valence-corrected chi connectivity index (χ2v) is 5.14. The van der Waals surface area contributed by atoms with Crippen molar-refractivity contribution < 1.29 is 4.79 Å². The van der Waals surface area contributed by atoms with E-state index in [0.717, 1.165) is 12.0 Å². The number of hydrogen-bond donors (Lipinski definition) is 2. The highest BCUT2D eigenvalue weighted by Gasteiger charge is 2.16. The van der Waals surface area contributed by atoms with Gasteiger partial charge in [0.1, 0.15) is 0 Å². The molecule has 2 rings (SSSR count). The van der Waals surface area contributed by atoms with Gasteiger partial charge in [-0.25, -0.2) is 0 Å². The first kappa shape index (κ1) is 15.2. The van der Waals surface area contributed by atoms with E-state index in [1.165, 1.54) is 5.56 Å². The van der Waals surface area contributed by atoms with E-state index in [2.05, 4.69) is 10.3 Å². The van der Waals surface area contributed by atoms with Crippen molar-refractivity contribution >= 4 is 5.91 Å². The normalized spacial score (nSPS) is 13.4. The molecule has 3 N–H and O–H groups in total. The van der Waals surface area contributed by atoms with Crippen LogP contribution in [0.5, 0.6) is 0 Å². The number of carbonyl (C=O) groups is 1. The van der Waals surface area contributed by atoms with Crippen LogP contribution >= 0.6 is 0 Å². The summed E-state index contributed by atoms with van der Waals surface area (Å²) in [5, 5.41) is 2.94. The van der Waals surface area contributed by atoms with Crippen LogP contribution in [0.3, 0.4) is 0 Å². The van der Waals surface area contributed by atoms with Crippen molar-refractivity contribution in [3.8, 4) is 0 Å². The fourth-order valence-electron chi connectivity index (χ4n) is 2.15. The van der Waals surface area contributed by atoms with Crippen molar-refractivity contribution in [1.29, 1.82) is 0 Å². The molecule has 1 aromatic carbocycles. The zero-order valence-electron chi connectivity index (χ0n) is 12.2. The predicted octanol–water partition coefficient (Wildman–Crippen LogP) is 2.22. The summed E-state index contributed by atoms with van der Waals surface area (Å²) in [5.41, 5.74) is 8.19. The second kappa shape index (κ2) is 7.55. The molecule has 1 amide bonds. The number of aromatic nitrogens is 1. The number of nitrogens with one attached hydrogen (secondary N) is 1. The monoisotopic (exact) mass is 283 g/mol. The standard InChI is InChI=1S/C17H21N3O/c1-13(15-9-11-19-12-10-15)20-17(21)16(18)8-7-14-5-3-2-4-6-14/h2-6,9-13,16H,7-8,18H2,1H3,(H,20,21)/t13-,16+/m1/s1. The zero-order chi connectivity index (χ0) is 15.1. The molecule has 2 aromatic rings. The SMILES string of the molecule is C[C@@H](NC(=O)[C@@H](N)CCc1ccccc1)c1ccncc1. The lowest BCUT2D eigenvalue weighted by molar-refractivity contribution is -0.123. The van der Waals surface area contributed by atoms with Crippen LogP contribution in [-0.2, 0) is 11.2 Å². The number of nitrogens with two attached hydrogens (primary N) is 1. The molecule has 0 saturated heterocycles. The average Bonchev–Trinajstić information content (AvgIpc) is 2.54. The highest BCUT2D eigenvalue weighted by Crippen LogP contribution is 2.11. The van der Waals surface area contributed by atoms with Crippen LogP contribution in [0.2, 0.25) is 0 Å².